The van der Waals surface area contributed by atoms with Gasteiger partial charge in [0.25, 0.3) is 5.56 Å². The van der Waals surface area contributed by atoms with E-state index in [1.54, 1.807) is 27.4 Å². The Labute approximate surface area is 193 Å². The molecule has 0 saturated heterocycles. The number of aromatic amines is 1. The number of ether oxygens (including phenoxy) is 3. The van der Waals surface area contributed by atoms with Crippen molar-refractivity contribution in [2.45, 2.75) is 33.2 Å². The molecule has 1 aliphatic heterocycles. The zero-order valence-electron chi connectivity index (χ0n) is 19.9. The fourth-order valence-electron chi connectivity index (χ4n) is 4.46. The molecule has 0 radical (unpaired) electrons. The summed E-state index contributed by atoms with van der Waals surface area (Å²) in [5, 5.41) is 0.862. The summed E-state index contributed by atoms with van der Waals surface area (Å²) >= 11 is 0. The number of hydrogen-bond acceptors (Lipinski definition) is 5. The second-order valence-corrected chi connectivity index (χ2v) is 9.31. The van der Waals surface area contributed by atoms with Crippen LogP contribution in [0.4, 0.5) is 0 Å². The molecule has 1 atom stereocenters. The first-order valence-corrected chi connectivity index (χ1v) is 10.9. The van der Waals surface area contributed by atoms with Crippen LogP contribution in [0.5, 0.6) is 17.2 Å². The number of hydrogen-bond donors (Lipinski definition) is 1. The summed E-state index contributed by atoms with van der Waals surface area (Å²) in [4.78, 5) is 31.6. The van der Waals surface area contributed by atoms with E-state index >= 15 is 0 Å². The highest BCUT2D eigenvalue weighted by atomic mass is 16.5. The van der Waals surface area contributed by atoms with Crippen LogP contribution >= 0.6 is 0 Å². The minimum absolute atomic E-state index is 0.0119. The number of fused-ring (bicyclic) bond motifs is 2. The van der Waals surface area contributed by atoms with Crippen LogP contribution in [0, 0.1) is 5.41 Å². The molecule has 4 rings (SSSR count). The molecular weight excluding hydrogens is 420 g/mol. The van der Waals surface area contributed by atoms with Gasteiger partial charge >= 0.3 is 0 Å². The van der Waals surface area contributed by atoms with Gasteiger partial charge in [-0.05, 0) is 53.3 Å². The smallest absolute Gasteiger partial charge is 0.254 e. The average molecular weight is 451 g/mol. The van der Waals surface area contributed by atoms with E-state index < -0.39 is 11.5 Å². The van der Waals surface area contributed by atoms with E-state index in [1.165, 1.54) is 0 Å². The van der Waals surface area contributed by atoms with Gasteiger partial charge in [-0.15, -0.1) is 0 Å². The number of carbonyl (C=O) groups is 1. The van der Waals surface area contributed by atoms with Gasteiger partial charge < -0.3 is 24.1 Å². The molecule has 2 aromatic carbocycles. The molecule has 0 fully saturated rings. The standard InChI is InChI=1S/C26H30N2O5/c1-26(2,3)25(30)28-10-9-15-12-21(32-5)22(33-6)14-18(15)23(28)19-11-16-7-8-17(31-4)13-20(16)27-24(19)29/h7-8,11-14,23H,9-10H2,1-6H3,(H,27,29)/t23-/m0/s1. The number of nitrogens with zero attached hydrogens (tertiary/aromatic N) is 1. The highest BCUT2D eigenvalue weighted by molar-refractivity contribution is 5.84. The Morgan fingerprint density at radius 1 is 0.970 bits per heavy atom. The molecule has 1 aromatic heterocycles. The lowest BCUT2D eigenvalue weighted by Gasteiger charge is -2.40. The zero-order valence-corrected chi connectivity index (χ0v) is 19.9. The van der Waals surface area contributed by atoms with Gasteiger partial charge in [0, 0.05) is 23.6 Å². The van der Waals surface area contributed by atoms with E-state index in [1.807, 2.05) is 56.0 Å². The molecule has 1 N–H and O–H groups in total. The second-order valence-electron chi connectivity index (χ2n) is 9.31. The number of aromatic nitrogens is 1. The van der Waals surface area contributed by atoms with Gasteiger partial charge in [-0.2, -0.15) is 0 Å². The number of amides is 1. The number of methoxy groups -OCH3 is 3. The minimum atomic E-state index is -0.594. The van der Waals surface area contributed by atoms with Crippen molar-refractivity contribution < 1.29 is 19.0 Å². The largest absolute Gasteiger partial charge is 0.497 e. The summed E-state index contributed by atoms with van der Waals surface area (Å²) in [7, 11) is 4.77. The number of rotatable bonds is 4. The van der Waals surface area contributed by atoms with Crippen molar-refractivity contribution in [2.24, 2.45) is 5.41 Å². The van der Waals surface area contributed by atoms with Crippen LogP contribution in [-0.4, -0.2) is 43.7 Å². The fourth-order valence-corrected chi connectivity index (χ4v) is 4.46. The first-order valence-electron chi connectivity index (χ1n) is 10.9. The van der Waals surface area contributed by atoms with Crippen molar-refractivity contribution in [1.29, 1.82) is 0 Å². The predicted molar refractivity (Wildman–Crippen MR) is 127 cm³/mol. The van der Waals surface area contributed by atoms with E-state index in [9.17, 15) is 9.59 Å². The van der Waals surface area contributed by atoms with Crippen molar-refractivity contribution in [3.63, 3.8) is 0 Å². The zero-order chi connectivity index (χ0) is 23.9. The molecule has 3 aromatic rings. The maximum Gasteiger partial charge on any atom is 0.254 e. The van der Waals surface area contributed by atoms with Crippen LogP contribution in [0.15, 0.2) is 41.2 Å². The normalized spacial score (nSPS) is 15.8. The summed E-state index contributed by atoms with van der Waals surface area (Å²) in [6.07, 6.45) is 0.663. The Bertz CT molecular complexity index is 1270. The van der Waals surface area contributed by atoms with E-state index in [0.717, 1.165) is 16.5 Å². The van der Waals surface area contributed by atoms with Crippen molar-refractivity contribution in [3.05, 3.63) is 63.4 Å². The molecule has 0 aliphatic carbocycles. The van der Waals surface area contributed by atoms with Gasteiger partial charge in [0.2, 0.25) is 5.91 Å². The number of carbonyl (C=O) groups excluding carboxylic acids is 1. The van der Waals surface area contributed by atoms with Crippen molar-refractivity contribution in [2.75, 3.05) is 27.9 Å². The first-order chi connectivity index (χ1) is 15.7. The van der Waals surface area contributed by atoms with Crippen LogP contribution in [0.2, 0.25) is 0 Å². The summed E-state index contributed by atoms with van der Waals surface area (Å²) in [6.45, 7) is 6.19. The number of H-pyrrole nitrogens is 1. The molecule has 33 heavy (non-hydrogen) atoms. The lowest BCUT2D eigenvalue weighted by atomic mass is 9.85. The SMILES string of the molecule is COc1ccc2cc([C@@H]3c4cc(OC)c(OC)cc4CCN3C(=O)C(C)(C)C)c(=O)[nH]c2c1. The number of nitrogens with one attached hydrogen (secondary N) is 1. The van der Waals surface area contributed by atoms with E-state index in [0.29, 0.717) is 41.3 Å². The van der Waals surface area contributed by atoms with Gasteiger partial charge in [-0.1, -0.05) is 20.8 Å². The molecule has 1 aliphatic rings. The van der Waals surface area contributed by atoms with E-state index in [2.05, 4.69) is 4.98 Å². The van der Waals surface area contributed by atoms with Crippen molar-refractivity contribution in [3.8, 4) is 17.2 Å². The molecule has 1 amide bonds. The molecule has 174 valence electrons. The average Bonchev–Trinajstić information content (AvgIpc) is 2.80. The monoisotopic (exact) mass is 450 g/mol. The maximum absolute atomic E-state index is 13.5. The van der Waals surface area contributed by atoms with E-state index in [-0.39, 0.29) is 11.5 Å². The van der Waals surface area contributed by atoms with Gasteiger partial charge in [0.1, 0.15) is 5.75 Å². The Balaban J connectivity index is 1.96. The summed E-state index contributed by atoms with van der Waals surface area (Å²) < 4.78 is 16.3. The summed E-state index contributed by atoms with van der Waals surface area (Å²) in [5.74, 6) is 1.84. The van der Waals surface area contributed by atoms with Gasteiger partial charge in [-0.3, -0.25) is 9.59 Å². The predicted octanol–water partition coefficient (Wildman–Crippen LogP) is 4.07. The molecule has 7 heteroatoms. The highest BCUT2D eigenvalue weighted by Crippen LogP contribution is 2.42. The third-order valence-corrected chi connectivity index (χ3v) is 6.15. The third-order valence-electron chi connectivity index (χ3n) is 6.15. The first kappa shape index (κ1) is 22.7. The minimum Gasteiger partial charge on any atom is -0.497 e. The molecule has 0 saturated carbocycles. The Kier molecular flexibility index (Phi) is 5.82. The van der Waals surface area contributed by atoms with Crippen molar-refractivity contribution >= 4 is 16.8 Å². The highest BCUT2D eigenvalue weighted by Gasteiger charge is 2.38. The lowest BCUT2D eigenvalue weighted by Crippen LogP contribution is -2.47. The van der Waals surface area contributed by atoms with Crippen molar-refractivity contribution in [1.82, 2.24) is 9.88 Å². The molecule has 0 bridgehead atoms. The van der Waals surface area contributed by atoms with Gasteiger partial charge in [0.15, 0.2) is 11.5 Å². The van der Waals surface area contributed by atoms with Crippen LogP contribution < -0.4 is 19.8 Å². The lowest BCUT2D eigenvalue weighted by molar-refractivity contribution is -0.141. The molecular formula is C26H30N2O5. The van der Waals surface area contributed by atoms with Gasteiger partial charge in [-0.25, -0.2) is 0 Å². The maximum atomic E-state index is 13.5. The van der Waals surface area contributed by atoms with Gasteiger partial charge in [0.05, 0.1) is 32.9 Å². The summed E-state index contributed by atoms with van der Waals surface area (Å²) in [5.41, 5.74) is 2.26. The molecule has 7 nitrogen and oxygen atoms in total. The molecule has 0 spiro atoms. The second kappa shape index (κ2) is 8.46. The fraction of sp³-hybridized carbons (Fsp3) is 0.385. The number of pyridine rings is 1. The third kappa shape index (κ3) is 4.03. The Hall–Kier alpha value is -3.48. The van der Waals surface area contributed by atoms with Crippen LogP contribution in [0.25, 0.3) is 10.9 Å². The van der Waals surface area contributed by atoms with E-state index in [4.69, 9.17) is 14.2 Å². The summed E-state index contributed by atoms with van der Waals surface area (Å²) in [6, 6.07) is 10.7. The van der Waals surface area contributed by atoms with Crippen LogP contribution in [-0.2, 0) is 11.2 Å². The molecule has 0 unspecified atom stereocenters. The Morgan fingerprint density at radius 3 is 2.30 bits per heavy atom. The molecule has 2 heterocycles. The Morgan fingerprint density at radius 2 is 1.67 bits per heavy atom. The quantitative estimate of drug-likeness (QED) is 0.648. The van der Waals surface area contributed by atoms with Crippen LogP contribution in [0.1, 0.15) is 43.5 Å². The number of benzene rings is 2. The van der Waals surface area contributed by atoms with Crippen LogP contribution in [0.3, 0.4) is 0 Å². The topological polar surface area (TPSA) is 80.9 Å².